The quantitative estimate of drug-likeness (QED) is 0.134. The number of nitrogens with zero attached hydrogens (tertiary/aromatic N) is 8. The highest BCUT2D eigenvalue weighted by Crippen LogP contribution is 2.39. The third kappa shape index (κ3) is 8.21. The van der Waals surface area contributed by atoms with Crippen molar-refractivity contribution in [3.05, 3.63) is 147 Å². The van der Waals surface area contributed by atoms with Crippen LogP contribution in [0.1, 0.15) is 58.1 Å². The number of aromatic nitrogens is 7. The number of piperidine rings is 2. The number of aliphatic hydroxyl groups is 1. The highest BCUT2D eigenvalue weighted by Gasteiger charge is 2.33. The van der Waals surface area contributed by atoms with E-state index in [1.807, 2.05) is 48.5 Å². The van der Waals surface area contributed by atoms with E-state index >= 15 is 4.39 Å². The van der Waals surface area contributed by atoms with Crippen LogP contribution in [0.5, 0.6) is 0 Å². The van der Waals surface area contributed by atoms with Crippen molar-refractivity contribution in [3.63, 3.8) is 0 Å². The van der Waals surface area contributed by atoms with Crippen LogP contribution in [0.15, 0.2) is 113 Å². The van der Waals surface area contributed by atoms with Gasteiger partial charge in [-0.3, -0.25) is 28.2 Å². The Labute approximate surface area is 399 Å². The molecule has 2 saturated heterocycles. The fourth-order valence-corrected chi connectivity index (χ4v) is 9.81. The minimum atomic E-state index is -1.16. The maximum absolute atomic E-state index is 17.3. The van der Waals surface area contributed by atoms with Crippen molar-refractivity contribution in [2.45, 2.75) is 50.7 Å². The molecule has 18 nitrogen and oxygen atoms in total. The van der Waals surface area contributed by atoms with Gasteiger partial charge in [0.1, 0.15) is 18.4 Å². The number of fused-ring (bicyclic) bond motifs is 2. The van der Waals surface area contributed by atoms with Crippen molar-refractivity contribution in [1.82, 2.24) is 43.9 Å². The lowest BCUT2D eigenvalue weighted by Gasteiger charge is -2.34. The number of anilines is 2. The highest BCUT2D eigenvalue weighted by molar-refractivity contribution is 6.12. The van der Waals surface area contributed by atoms with Crippen LogP contribution in [-0.2, 0) is 37.3 Å². The van der Waals surface area contributed by atoms with Crippen molar-refractivity contribution in [2.24, 2.45) is 21.1 Å². The van der Waals surface area contributed by atoms with Gasteiger partial charge in [0.05, 0.1) is 52.1 Å². The minimum Gasteiger partial charge on any atom is -0.373 e. The lowest BCUT2D eigenvalue weighted by molar-refractivity contribution is -0.128. The summed E-state index contributed by atoms with van der Waals surface area (Å²) in [5.74, 6) is -1.89. The molecular weight excluding hydrogens is 898 g/mol. The summed E-state index contributed by atoms with van der Waals surface area (Å²) < 4.78 is 31.1. The summed E-state index contributed by atoms with van der Waals surface area (Å²) in [7, 11) is 6.43. The summed E-state index contributed by atoms with van der Waals surface area (Å²) in [6.07, 6.45) is 2.23. The zero-order chi connectivity index (χ0) is 49.0. The second-order valence-electron chi connectivity index (χ2n) is 17.7. The number of halogens is 1. The molecule has 70 heavy (non-hydrogen) atoms. The van der Waals surface area contributed by atoms with E-state index in [1.165, 1.54) is 33.4 Å². The number of hydrogen-bond donors (Lipinski definition) is 4. The zero-order valence-electron chi connectivity index (χ0n) is 38.8. The summed E-state index contributed by atoms with van der Waals surface area (Å²) in [5.41, 5.74) is 6.13. The van der Waals surface area contributed by atoms with Crippen LogP contribution in [0.25, 0.3) is 49.9 Å². The maximum atomic E-state index is 17.3. The van der Waals surface area contributed by atoms with E-state index in [4.69, 9.17) is 4.74 Å². The number of nitrogens with one attached hydrogen (secondary N) is 3. The first-order valence-corrected chi connectivity index (χ1v) is 23.0. The number of rotatable bonds is 11. The van der Waals surface area contributed by atoms with Gasteiger partial charge in [-0.05, 0) is 102 Å². The molecule has 5 heterocycles. The Morgan fingerprint density at radius 1 is 0.829 bits per heavy atom. The SMILES string of the molecule is CNC(=O)c1cccc(NC(=O)c2nn(C)c3ccc(-c4ccc(-n5cnn(C)c5=O)cc4-c4cccc(COC5CCN(c6cccc7c6n(C)c(=O)n7C6CCC(=O)NC6O)CC5)c4)c(F)c23)c1. The van der Waals surface area contributed by atoms with Crippen molar-refractivity contribution < 1.29 is 28.6 Å². The van der Waals surface area contributed by atoms with Crippen molar-refractivity contribution in [2.75, 3.05) is 30.4 Å². The lowest BCUT2D eigenvalue weighted by Crippen LogP contribution is -2.47. The maximum Gasteiger partial charge on any atom is 0.350 e. The molecule has 19 heteroatoms. The Balaban J connectivity index is 0.915. The Hall–Kier alpha value is -8.16. The molecule has 5 aromatic carbocycles. The molecule has 0 spiro atoms. The van der Waals surface area contributed by atoms with Gasteiger partial charge < -0.3 is 30.7 Å². The first-order chi connectivity index (χ1) is 33.8. The summed E-state index contributed by atoms with van der Waals surface area (Å²) in [5, 5.41) is 27.2. The van der Waals surface area contributed by atoms with Crippen LogP contribution in [0.3, 0.4) is 0 Å². The molecule has 358 valence electrons. The fourth-order valence-electron chi connectivity index (χ4n) is 9.81. The Morgan fingerprint density at radius 3 is 2.36 bits per heavy atom. The van der Waals surface area contributed by atoms with Crippen LogP contribution in [0, 0.1) is 5.82 Å². The Bertz CT molecular complexity index is 3510. The topological polar surface area (TPSA) is 205 Å². The van der Waals surface area contributed by atoms with E-state index < -0.39 is 24.0 Å². The molecule has 10 rings (SSSR count). The third-order valence-electron chi connectivity index (χ3n) is 13.4. The number of ether oxygens (including phenoxy) is 1. The number of aliphatic hydroxyl groups excluding tert-OH is 1. The van der Waals surface area contributed by atoms with Crippen molar-refractivity contribution in [1.29, 1.82) is 0 Å². The summed E-state index contributed by atoms with van der Waals surface area (Å²) in [4.78, 5) is 67.0. The number of amides is 3. The van der Waals surface area contributed by atoms with Gasteiger partial charge in [0.15, 0.2) is 5.69 Å². The molecule has 2 fully saturated rings. The van der Waals surface area contributed by atoms with E-state index in [9.17, 15) is 29.1 Å². The number of benzene rings is 5. The summed E-state index contributed by atoms with van der Waals surface area (Å²) in [6, 6.07) is 28.0. The van der Waals surface area contributed by atoms with Crippen LogP contribution >= 0.6 is 0 Å². The molecule has 0 bridgehead atoms. The molecule has 2 unspecified atom stereocenters. The summed E-state index contributed by atoms with van der Waals surface area (Å²) >= 11 is 0. The zero-order valence-corrected chi connectivity index (χ0v) is 38.8. The summed E-state index contributed by atoms with van der Waals surface area (Å²) in [6.45, 7) is 1.65. The second-order valence-corrected chi connectivity index (χ2v) is 17.7. The monoisotopic (exact) mass is 947 g/mol. The first kappa shape index (κ1) is 45.6. The van der Waals surface area contributed by atoms with Gasteiger partial charge in [0.2, 0.25) is 5.91 Å². The second kappa shape index (κ2) is 18.4. The average Bonchev–Trinajstić information content (AvgIpc) is 3.99. The standard InChI is InChI=1S/C51H50FN11O7/c1-53-47(65)31-10-6-11-32(25-31)55-49(67)45-43-38(59(3)57-45)17-16-36(44(43)52)35-15-14-33(62-28-54-60(4)51(62)69)26-37(35)30-9-5-8-29(24-30)27-70-34-20-22-61(23-21-34)39-12-7-13-40-46(39)58(2)50(68)63(40)41-18-19-42(64)56-48(41)66/h5-17,24-26,28,34,41,48,66H,18-23,27H2,1-4H3,(H,53,65)(H,55,67)(H,56,64). The van der Waals surface area contributed by atoms with E-state index in [2.05, 4.69) is 31.0 Å². The number of hydrogen-bond acceptors (Lipinski definition) is 10. The molecule has 0 saturated carbocycles. The predicted octanol–water partition coefficient (Wildman–Crippen LogP) is 5.15. The molecule has 2 aliphatic rings. The third-order valence-corrected chi connectivity index (χ3v) is 13.4. The number of aryl methyl sites for hydroxylation is 3. The van der Waals surface area contributed by atoms with Gasteiger partial charge in [0.25, 0.3) is 11.8 Å². The number of carbonyl (C=O) groups is 3. The molecule has 3 aromatic heterocycles. The predicted molar refractivity (Wildman–Crippen MR) is 261 cm³/mol. The number of imidazole rings is 1. The lowest BCUT2D eigenvalue weighted by atomic mass is 9.92. The molecule has 2 aliphatic heterocycles. The van der Waals surface area contributed by atoms with E-state index in [0.29, 0.717) is 65.2 Å². The fraction of sp³-hybridized carbons (Fsp3) is 0.275. The number of carbonyl (C=O) groups excluding carboxylic acids is 3. The van der Waals surface area contributed by atoms with Gasteiger partial charge >= 0.3 is 11.4 Å². The van der Waals surface area contributed by atoms with Crippen LogP contribution in [0.4, 0.5) is 15.8 Å². The largest absolute Gasteiger partial charge is 0.373 e. The van der Waals surface area contributed by atoms with Crippen LogP contribution in [-0.4, -0.2) is 88.6 Å². The Morgan fingerprint density at radius 2 is 1.60 bits per heavy atom. The Kier molecular flexibility index (Phi) is 12.0. The molecule has 3 amide bonds. The van der Waals surface area contributed by atoms with E-state index in [-0.39, 0.29) is 52.4 Å². The smallest absolute Gasteiger partial charge is 0.350 e. The minimum absolute atomic E-state index is 0.0152. The van der Waals surface area contributed by atoms with Gasteiger partial charge in [0, 0.05) is 64.5 Å². The highest BCUT2D eigenvalue weighted by atomic mass is 19.1. The van der Waals surface area contributed by atoms with Crippen molar-refractivity contribution >= 4 is 51.0 Å². The molecule has 0 radical (unpaired) electrons. The number of para-hydroxylation sites is 1. The molecule has 2 atom stereocenters. The van der Waals surface area contributed by atoms with Gasteiger partial charge in [-0.15, -0.1) is 0 Å². The van der Waals surface area contributed by atoms with Gasteiger partial charge in [-0.25, -0.2) is 23.2 Å². The van der Waals surface area contributed by atoms with E-state index in [0.717, 1.165) is 35.2 Å². The average molecular weight is 948 g/mol. The van der Waals surface area contributed by atoms with Crippen LogP contribution < -0.4 is 32.2 Å². The van der Waals surface area contributed by atoms with Gasteiger partial charge in [-0.2, -0.15) is 10.2 Å². The van der Waals surface area contributed by atoms with Crippen molar-refractivity contribution in [3.8, 4) is 27.9 Å². The first-order valence-electron chi connectivity index (χ1n) is 23.0. The van der Waals surface area contributed by atoms with Gasteiger partial charge in [-0.1, -0.05) is 36.4 Å². The molecular formula is C51H50FN11O7. The molecule has 4 N–H and O–H groups in total. The van der Waals surface area contributed by atoms with Crippen LogP contribution in [0.2, 0.25) is 0 Å². The molecule has 0 aliphatic carbocycles. The van der Waals surface area contributed by atoms with E-state index in [1.54, 1.807) is 72.7 Å². The molecule has 8 aromatic rings. The normalized spacial score (nSPS) is 16.5.